The Morgan fingerprint density at radius 2 is 1.93 bits per heavy atom. The molecule has 1 aromatic carbocycles. The second-order valence-corrected chi connectivity index (χ2v) is 4.80. The van der Waals surface area contributed by atoms with E-state index in [4.69, 9.17) is 0 Å². The lowest BCUT2D eigenvalue weighted by Crippen LogP contribution is -2.13. The standard InChI is InChI=1S/C11H14BrNOS/c1-7-5-9(12)6-8(2)11(7)13-10(14)3-4-15/h5-6,15H,3-4H2,1-2H3,(H,13,14). The summed E-state index contributed by atoms with van der Waals surface area (Å²) in [5.41, 5.74) is 3.04. The van der Waals surface area contributed by atoms with Gasteiger partial charge in [0.25, 0.3) is 0 Å². The first-order chi connectivity index (χ1) is 7.04. The van der Waals surface area contributed by atoms with Gasteiger partial charge in [0.2, 0.25) is 5.91 Å². The minimum absolute atomic E-state index is 0.0125. The van der Waals surface area contributed by atoms with Crippen LogP contribution in [0.1, 0.15) is 17.5 Å². The normalized spacial score (nSPS) is 10.1. The highest BCUT2D eigenvalue weighted by molar-refractivity contribution is 9.10. The van der Waals surface area contributed by atoms with E-state index in [0.29, 0.717) is 12.2 Å². The number of thiol groups is 1. The largest absolute Gasteiger partial charge is 0.326 e. The molecule has 0 aliphatic carbocycles. The molecule has 0 fully saturated rings. The van der Waals surface area contributed by atoms with Crippen LogP contribution in [-0.4, -0.2) is 11.7 Å². The maximum atomic E-state index is 11.4. The smallest absolute Gasteiger partial charge is 0.225 e. The van der Waals surface area contributed by atoms with Crippen molar-refractivity contribution in [2.45, 2.75) is 20.3 Å². The van der Waals surface area contributed by atoms with E-state index in [1.807, 2.05) is 26.0 Å². The highest BCUT2D eigenvalue weighted by Crippen LogP contribution is 2.25. The molecule has 0 aliphatic heterocycles. The van der Waals surface area contributed by atoms with Crippen molar-refractivity contribution in [1.82, 2.24) is 0 Å². The van der Waals surface area contributed by atoms with Crippen molar-refractivity contribution in [3.05, 3.63) is 27.7 Å². The van der Waals surface area contributed by atoms with Gasteiger partial charge in [0.05, 0.1) is 0 Å². The fourth-order valence-electron chi connectivity index (χ4n) is 1.41. The van der Waals surface area contributed by atoms with Crippen LogP contribution in [0.2, 0.25) is 0 Å². The average molecular weight is 288 g/mol. The number of carbonyl (C=O) groups excluding carboxylic acids is 1. The molecule has 82 valence electrons. The summed E-state index contributed by atoms with van der Waals surface area (Å²) in [6, 6.07) is 3.98. The van der Waals surface area contributed by atoms with Crippen molar-refractivity contribution in [2.24, 2.45) is 0 Å². The molecule has 4 heteroatoms. The maximum absolute atomic E-state index is 11.4. The van der Waals surface area contributed by atoms with Gasteiger partial charge >= 0.3 is 0 Å². The van der Waals surface area contributed by atoms with Gasteiger partial charge in [-0.05, 0) is 42.9 Å². The Balaban J connectivity index is 2.90. The lowest BCUT2D eigenvalue weighted by atomic mass is 10.1. The second-order valence-electron chi connectivity index (χ2n) is 3.44. The molecule has 0 radical (unpaired) electrons. The molecule has 0 bridgehead atoms. The van der Waals surface area contributed by atoms with Crippen molar-refractivity contribution in [2.75, 3.05) is 11.1 Å². The Labute approximate surface area is 104 Å². The van der Waals surface area contributed by atoms with Crippen LogP contribution in [0.5, 0.6) is 0 Å². The molecular formula is C11H14BrNOS. The van der Waals surface area contributed by atoms with Crippen molar-refractivity contribution in [3.8, 4) is 0 Å². The summed E-state index contributed by atoms with van der Waals surface area (Å²) in [6.45, 7) is 3.96. The molecule has 0 saturated carbocycles. The Hall–Kier alpha value is -0.480. The third-order valence-corrected chi connectivity index (χ3v) is 2.78. The monoisotopic (exact) mass is 287 g/mol. The molecular weight excluding hydrogens is 274 g/mol. The van der Waals surface area contributed by atoms with Gasteiger partial charge in [-0.2, -0.15) is 12.6 Å². The average Bonchev–Trinajstić information content (AvgIpc) is 2.11. The Morgan fingerprint density at radius 1 is 1.40 bits per heavy atom. The molecule has 1 amide bonds. The number of aryl methyl sites for hydroxylation is 2. The van der Waals surface area contributed by atoms with E-state index in [0.717, 1.165) is 21.3 Å². The highest BCUT2D eigenvalue weighted by Gasteiger charge is 2.07. The zero-order valence-electron chi connectivity index (χ0n) is 8.80. The van der Waals surface area contributed by atoms with Crippen LogP contribution in [-0.2, 0) is 4.79 Å². The van der Waals surface area contributed by atoms with Gasteiger partial charge in [0, 0.05) is 16.6 Å². The Bertz CT molecular complexity index is 356. The number of nitrogens with one attached hydrogen (secondary N) is 1. The van der Waals surface area contributed by atoms with E-state index >= 15 is 0 Å². The van der Waals surface area contributed by atoms with E-state index < -0.39 is 0 Å². The van der Waals surface area contributed by atoms with E-state index in [1.165, 1.54) is 0 Å². The van der Waals surface area contributed by atoms with Gasteiger partial charge in [0.1, 0.15) is 0 Å². The second kappa shape index (κ2) is 5.56. The van der Waals surface area contributed by atoms with Crippen LogP contribution in [0.25, 0.3) is 0 Å². The SMILES string of the molecule is Cc1cc(Br)cc(C)c1NC(=O)CCS. The first-order valence-corrected chi connectivity index (χ1v) is 6.14. The first kappa shape index (κ1) is 12.6. The van der Waals surface area contributed by atoms with Crippen molar-refractivity contribution >= 4 is 40.2 Å². The minimum Gasteiger partial charge on any atom is -0.326 e. The van der Waals surface area contributed by atoms with Crippen LogP contribution >= 0.6 is 28.6 Å². The topological polar surface area (TPSA) is 29.1 Å². The van der Waals surface area contributed by atoms with E-state index in [1.54, 1.807) is 0 Å². The molecule has 0 unspecified atom stereocenters. The molecule has 0 spiro atoms. The van der Waals surface area contributed by atoms with Crippen LogP contribution < -0.4 is 5.32 Å². The van der Waals surface area contributed by atoms with Crippen LogP contribution in [0.15, 0.2) is 16.6 Å². The van der Waals surface area contributed by atoms with Crippen molar-refractivity contribution < 1.29 is 4.79 Å². The molecule has 2 nitrogen and oxygen atoms in total. The molecule has 0 saturated heterocycles. The number of halogens is 1. The van der Waals surface area contributed by atoms with Gasteiger partial charge in [-0.3, -0.25) is 4.79 Å². The predicted octanol–water partition coefficient (Wildman–Crippen LogP) is 3.32. The summed E-state index contributed by atoms with van der Waals surface area (Å²) < 4.78 is 1.03. The van der Waals surface area contributed by atoms with E-state index in [2.05, 4.69) is 33.9 Å². The molecule has 1 aromatic rings. The summed E-state index contributed by atoms with van der Waals surface area (Å²) in [6.07, 6.45) is 0.443. The number of benzene rings is 1. The summed E-state index contributed by atoms with van der Waals surface area (Å²) >= 11 is 7.45. The number of amides is 1. The van der Waals surface area contributed by atoms with Crippen molar-refractivity contribution in [3.63, 3.8) is 0 Å². The summed E-state index contributed by atoms with van der Waals surface area (Å²) in [4.78, 5) is 11.4. The zero-order chi connectivity index (χ0) is 11.4. The molecule has 1 rings (SSSR count). The van der Waals surface area contributed by atoms with Crippen LogP contribution in [0.3, 0.4) is 0 Å². The summed E-state index contributed by atoms with van der Waals surface area (Å²) in [5, 5.41) is 2.90. The quantitative estimate of drug-likeness (QED) is 0.821. The molecule has 0 heterocycles. The van der Waals surface area contributed by atoms with Gasteiger partial charge in [0.15, 0.2) is 0 Å². The highest BCUT2D eigenvalue weighted by atomic mass is 79.9. The number of hydrogen-bond donors (Lipinski definition) is 2. The molecule has 15 heavy (non-hydrogen) atoms. The van der Waals surface area contributed by atoms with Crippen LogP contribution in [0, 0.1) is 13.8 Å². The van der Waals surface area contributed by atoms with Gasteiger partial charge < -0.3 is 5.32 Å². The summed E-state index contributed by atoms with van der Waals surface area (Å²) in [7, 11) is 0. The van der Waals surface area contributed by atoms with Crippen LogP contribution in [0.4, 0.5) is 5.69 Å². The lowest BCUT2D eigenvalue weighted by molar-refractivity contribution is -0.115. The number of rotatable bonds is 3. The Kier molecular flexibility index (Phi) is 4.67. The zero-order valence-corrected chi connectivity index (χ0v) is 11.3. The third-order valence-electron chi connectivity index (χ3n) is 2.10. The predicted molar refractivity (Wildman–Crippen MR) is 70.7 cm³/mol. The number of anilines is 1. The molecule has 1 N–H and O–H groups in total. The minimum atomic E-state index is 0.0125. The maximum Gasteiger partial charge on any atom is 0.225 e. The molecule has 0 aliphatic rings. The number of hydrogen-bond acceptors (Lipinski definition) is 2. The lowest BCUT2D eigenvalue weighted by Gasteiger charge is -2.11. The third kappa shape index (κ3) is 3.54. The van der Waals surface area contributed by atoms with Gasteiger partial charge in [-0.1, -0.05) is 15.9 Å². The van der Waals surface area contributed by atoms with Crippen molar-refractivity contribution in [1.29, 1.82) is 0 Å². The summed E-state index contributed by atoms with van der Waals surface area (Å²) in [5.74, 6) is 0.582. The first-order valence-electron chi connectivity index (χ1n) is 4.72. The fraction of sp³-hybridized carbons (Fsp3) is 0.364. The van der Waals surface area contributed by atoms with E-state index in [-0.39, 0.29) is 5.91 Å². The molecule has 0 aromatic heterocycles. The molecule has 0 atom stereocenters. The van der Waals surface area contributed by atoms with Gasteiger partial charge in [-0.25, -0.2) is 0 Å². The fourth-order valence-corrected chi connectivity index (χ4v) is 2.30. The number of carbonyl (C=O) groups is 1. The van der Waals surface area contributed by atoms with E-state index in [9.17, 15) is 4.79 Å². The van der Waals surface area contributed by atoms with Gasteiger partial charge in [-0.15, -0.1) is 0 Å². The Morgan fingerprint density at radius 3 is 2.40 bits per heavy atom.